The van der Waals surface area contributed by atoms with Crippen molar-refractivity contribution >= 4 is 23.2 Å². The molecule has 1 aliphatic heterocycles. The Morgan fingerprint density at radius 3 is 2.55 bits per heavy atom. The lowest BCUT2D eigenvalue weighted by atomic mass is 9.84. The first-order valence-electron chi connectivity index (χ1n) is 7.46. The SMILES string of the molecule is CC(C)N1Cc2cc(O)ccc2C(c2ccc(Cl)c(Cl)c2)C1. The maximum Gasteiger partial charge on any atom is 0.115 e. The summed E-state index contributed by atoms with van der Waals surface area (Å²) in [5.41, 5.74) is 3.59. The van der Waals surface area contributed by atoms with E-state index in [4.69, 9.17) is 23.2 Å². The predicted molar refractivity (Wildman–Crippen MR) is 92.0 cm³/mol. The molecule has 1 heterocycles. The molecule has 3 rings (SSSR count). The zero-order valence-electron chi connectivity index (χ0n) is 12.7. The van der Waals surface area contributed by atoms with E-state index in [0.29, 0.717) is 21.8 Å². The molecule has 2 aromatic rings. The van der Waals surface area contributed by atoms with Crippen LogP contribution >= 0.6 is 23.2 Å². The van der Waals surface area contributed by atoms with Crippen molar-refractivity contribution in [3.05, 3.63) is 63.1 Å². The molecule has 22 heavy (non-hydrogen) atoms. The second kappa shape index (κ2) is 6.11. The Morgan fingerprint density at radius 1 is 1.09 bits per heavy atom. The van der Waals surface area contributed by atoms with Gasteiger partial charge in [0.15, 0.2) is 0 Å². The quantitative estimate of drug-likeness (QED) is 0.829. The normalized spacial score (nSPS) is 18.5. The lowest BCUT2D eigenvalue weighted by Gasteiger charge is -2.37. The molecule has 0 aromatic heterocycles. The van der Waals surface area contributed by atoms with Crippen molar-refractivity contribution in [1.82, 2.24) is 4.90 Å². The highest BCUT2D eigenvalue weighted by Gasteiger charge is 2.28. The van der Waals surface area contributed by atoms with Crippen molar-refractivity contribution in [2.75, 3.05) is 6.54 Å². The summed E-state index contributed by atoms with van der Waals surface area (Å²) in [6.07, 6.45) is 0. The lowest BCUT2D eigenvalue weighted by Crippen LogP contribution is -2.38. The summed E-state index contributed by atoms with van der Waals surface area (Å²) < 4.78 is 0. The van der Waals surface area contributed by atoms with E-state index in [2.05, 4.69) is 18.7 Å². The first-order chi connectivity index (χ1) is 10.5. The maximum atomic E-state index is 9.79. The molecule has 0 radical (unpaired) electrons. The molecule has 1 atom stereocenters. The van der Waals surface area contributed by atoms with Gasteiger partial charge in [0, 0.05) is 25.0 Å². The van der Waals surface area contributed by atoms with Gasteiger partial charge in [-0.2, -0.15) is 0 Å². The molecular formula is C18H19Cl2NO. The molecule has 0 spiro atoms. The highest BCUT2D eigenvalue weighted by Crippen LogP contribution is 2.37. The first kappa shape index (κ1) is 15.7. The van der Waals surface area contributed by atoms with Crippen LogP contribution in [0.15, 0.2) is 36.4 Å². The standard InChI is InChI=1S/C18H19Cl2NO/c1-11(2)21-9-13-7-14(22)4-5-15(13)16(10-21)12-3-6-17(19)18(20)8-12/h3-8,11,16,22H,9-10H2,1-2H3. The van der Waals surface area contributed by atoms with Crippen molar-refractivity contribution in [3.63, 3.8) is 0 Å². The van der Waals surface area contributed by atoms with Crippen molar-refractivity contribution in [2.45, 2.75) is 32.4 Å². The Kier molecular flexibility index (Phi) is 4.35. The molecule has 0 fully saturated rings. The summed E-state index contributed by atoms with van der Waals surface area (Å²) in [7, 11) is 0. The molecule has 4 heteroatoms. The van der Waals surface area contributed by atoms with Crippen LogP contribution in [0.4, 0.5) is 0 Å². The van der Waals surface area contributed by atoms with E-state index in [0.717, 1.165) is 18.7 Å². The van der Waals surface area contributed by atoms with Gasteiger partial charge in [0.25, 0.3) is 0 Å². The topological polar surface area (TPSA) is 23.5 Å². The number of hydrogen-bond acceptors (Lipinski definition) is 2. The summed E-state index contributed by atoms with van der Waals surface area (Å²) in [4.78, 5) is 2.41. The summed E-state index contributed by atoms with van der Waals surface area (Å²) in [6, 6.07) is 11.9. The summed E-state index contributed by atoms with van der Waals surface area (Å²) >= 11 is 12.2. The van der Waals surface area contributed by atoms with Crippen LogP contribution in [0.3, 0.4) is 0 Å². The zero-order valence-corrected chi connectivity index (χ0v) is 14.2. The van der Waals surface area contributed by atoms with Crippen LogP contribution in [0.5, 0.6) is 5.75 Å². The van der Waals surface area contributed by atoms with Gasteiger partial charge in [-0.15, -0.1) is 0 Å². The Morgan fingerprint density at radius 2 is 1.86 bits per heavy atom. The van der Waals surface area contributed by atoms with Crippen molar-refractivity contribution in [1.29, 1.82) is 0 Å². The van der Waals surface area contributed by atoms with E-state index in [-0.39, 0.29) is 5.92 Å². The van der Waals surface area contributed by atoms with Gasteiger partial charge in [-0.25, -0.2) is 0 Å². The minimum atomic E-state index is 0.238. The minimum absolute atomic E-state index is 0.238. The monoisotopic (exact) mass is 335 g/mol. The fourth-order valence-electron chi connectivity index (χ4n) is 3.09. The zero-order chi connectivity index (χ0) is 15.9. The minimum Gasteiger partial charge on any atom is -0.508 e. The van der Waals surface area contributed by atoms with Crippen LogP contribution in [0, 0.1) is 0 Å². The van der Waals surface area contributed by atoms with Gasteiger partial charge in [-0.05, 0) is 54.8 Å². The number of nitrogens with zero attached hydrogens (tertiary/aromatic N) is 1. The average Bonchev–Trinajstić information content (AvgIpc) is 2.48. The number of hydrogen-bond donors (Lipinski definition) is 1. The number of rotatable bonds is 2. The fraction of sp³-hybridized carbons (Fsp3) is 0.333. The summed E-state index contributed by atoms with van der Waals surface area (Å²) in [5.74, 6) is 0.554. The van der Waals surface area contributed by atoms with Crippen LogP contribution < -0.4 is 0 Å². The number of aromatic hydroxyl groups is 1. The average molecular weight is 336 g/mol. The largest absolute Gasteiger partial charge is 0.508 e. The Balaban J connectivity index is 2.07. The summed E-state index contributed by atoms with van der Waals surface area (Å²) in [6.45, 7) is 6.19. The lowest BCUT2D eigenvalue weighted by molar-refractivity contribution is 0.192. The van der Waals surface area contributed by atoms with Crippen LogP contribution in [0.1, 0.15) is 36.5 Å². The molecular weight excluding hydrogens is 317 g/mol. The molecule has 0 amide bonds. The van der Waals surface area contributed by atoms with E-state index in [9.17, 15) is 5.11 Å². The highest BCUT2D eigenvalue weighted by atomic mass is 35.5. The Labute approximate surface area is 141 Å². The van der Waals surface area contributed by atoms with E-state index >= 15 is 0 Å². The second-order valence-electron chi connectivity index (χ2n) is 6.13. The van der Waals surface area contributed by atoms with Gasteiger partial charge < -0.3 is 5.11 Å². The highest BCUT2D eigenvalue weighted by molar-refractivity contribution is 6.42. The molecule has 116 valence electrons. The van der Waals surface area contributed by atoms with E-state index in [1.165, 1.54) is 11.1 Å². The molecule has 2 nitrogen and oxygen atoms in total. The van der Waals surface area contributed by atoms with Crippen LogP contribution in [0.2, 0.25) is 10.0 Å². The number of benzene rings is 2. The van der Waals surface area contributed by atoms with Crippen molar-refractivity contribution in [2.24, 2.45) is 0 Å². The smallest absolute Gasteiger partial charge is 0.115 e. The third-order valence-corrected chi connectivity index (χ3v) is 5.11. The van der Waals surface area contributed by atoms with Gasteiger partial charge in [0.1, 0.15) is 5.75 Å². The molecule has 2 aromatic carbocycles. The van der Waals surface area contributed by atoms with E-state index in [1.807, 2.05) is 30.3 Å². The summed E-state index contributed by atoms with van der Waals surface area (Å²) in [5, 5.41) is 11.0. The first-order valence-corrected chi connectivity index (χ1v) is 8.22. The molecule has 1 aliphatic rings. The van der Waals surface area contributed by atoms with Gasteiger partial charge in [-0.1, -0.05) is 35.3 Å². The third-order valence-electron chi connectivity index (χ3n) is 4.37. The number of phenolic OH excluding ortho intramolecular Hbond substituents is 1. The molecule has 0 saturated carbocycles. The molecule has 1 unspecified atom stereocenters. The number of phenols is 1. The number of halogens is 2. The molecule has 0 saturated heterocycles. The van der Waals surface area contributed by atoms with Gasteiger partial charge in [0.05, 0.1) is 10.0 Å². The number of fused-ring (bicyclic) bond motifs is 1. The van der Waals surface area contributed by atoms with E-state index < -0.39 is 0 Å². The second-order valence-corrected chi connectivity index (χ2v) is 6.95. The van der Waals surface area contributed by atoms with Crippen molar-refractivity contribution in [3.8, 4) is 5.75 Å². The molecule has 1 N–H and O–H groups in total. The van der Waals surface area contributed by atoms with Crippen LogP contribution in [-0.4, -0.2) is 22.6 Å². The Hall–Kier alpha value is -1.22. The van der Waals surface area contributed by atoms with Gasteiger partial charge in [-0.3, -0.25) is 4.90 Å². The van der Waals surface area contributed by atoms with E-state index in [1.54, 1.807) is 6.07 Å². The predicted octanol–water partition coefficient (Wildman–Crippen LogP) is 5.05. The Bertz CT molecular complexity index is 699. The van der Waals surface area contributed by atoms with Crippen LogP contribution in [0.25, 0.3) is 0 Å². The van der Waals surface area contributed by atoms with Gasteiger partial charge in [0.2, 0.25) is 0 Å². The van der Waals surface area contributed by atoms with Crippen molar-refractivity contribution < 1.29 is 5.11 Å². The third kappa shape index (κ3) is 2.96. The molecule has 0 bridgehead atoms. The fourth-order valence-corrected chi connectivity index (χ4v) is 3.40. The maximum absolute atomic E-state index is 9.79. The van der Waals surface area contributed by atoms with Crippen LogP contribution in [-0.2, 0) is 6.54 Å². The van der Waals surface area contributed by atoms with Gasteiger partial charge >= 0.3 is 0 Å². The molecule has 0 aliphatic carbocycles.